The number of rotatable bonds is 5. The van der Waals surface area contributed by atoms with E-state index >= 15 is 0 Å². The van der Waals surface area contributed by atoms with Gasteiger partial charge in [0.15, 0.2) is 0 Å². The standard InChI is InChI=1S/C13H18BrNO/c1-9(2)7-12(14)10(3)11-5-6-13(16-4)15-8-11/h5-6,8-9,12H,3,7H2,1-2,4H3. The van der Waals surface area contributed by atoms with E-state index in [-0.39, 0.29) is 0 Å². The van der Waals surface area contributed by atoms with Crippen molar-refractivity contribution in [3.63, 3.8) is 0 Å². The molecule has 0 fully saturated rings. The first kappa shape index (κ1) is 13.2. The molecule has 0 aliphatic rings. The SMILES string of the molecule is C=C(c1ccc(OC)nc1)C(Br)CC(C)C. The van der Waals surface area contributed by atoms with E-state index < -0.39 is 0 Å². The molecule has 0 N–H and O–H groups in total. The molecule has 3 heteroatoms. The summed E-state index contributed by atoms with van der Waals surface area (Å²) in [5.41, 5.74) is 2.13. The molecule has 1 aromatic heterocycles. The largest absolute Gasteiger partial charge is 0.481 e. The van der Waals surface area contributed by atoms with E-state index in [0.29, 0.717) is 16.6 Å². The zero-order valence-corrected chi connectivity index (χ0v) is 11.6. The van der Waals surface area contributed by atoms with Gasteiger partial charge in [0.2, 0.25) is 5.88 Å². The molecule has 16 heavy (non-hydrogen) atoms. The number of ether oxygens (including phenoxy) is 1. The number of halogens is 1. The maximum atomic E-state index is 5.02. The predicted molar refractivity (Wildman–Crippen MR) is 72.0 cm³/mol. The molecule has 0 aliphatic carbocycles. The summed E-state index contributed by atoms with van der Waals surface area (Å²) in [5.74, 6) is 1.28. The fraction of sp³-hybridized carbons (Fsp3) is 0.462. The van der Waals surface area contributed by atoms with Gasteiger partial charge in [0.25, 0.3) is 0 Å². The summed E-state index contributed by atoms with van der Waals surface area (Å²) in [6.07, 6.45) is 2.88. The number of hydrogen-bond acceptors (Lipinski definition) is 2. The zero-order valence-electron chi connectivity index (χ0n) is 10.0. The number of methoxy groups -OCH3 is 1. The van der Waals surface area contributed by atoms with Gasteiger partial charge < -0.3 is 4.74 Å². The molecule has 1 aromatic rings. The van der Waals surface area contributed by atoms with Crippen molar-refractivity contribution in [1.82, 2.24) is 4.98 Å². The maximum Gasteiger partial charge on any atom is 0.212 e. The third-order valence-corrected chi connectivity index (χ3v) is 3.30. The van der Waals surface area contributed by atoms with Crippen LogP contribution in [0.2, 0.25) is 0 Å². The molecule has 0 radical (unpaired) electrons. The van der Waals surface area contributed by atoms with Gasteiger partial charge in [-0.3, -0.25) is 0 Å². The normalized spacial score (nSPS) is 12.6. The maximum absolute atomic E-state index is 5.02. The summed E-state index contributed by atoms with van der Waals surface area (Å²) in [5, 5.41) is 0. The van der Waals surface area contributed by atoms with Crippen molar-refractivity contribution in [3.05, 3.63) is 30.5 Å². The number of aromatic nitrogens is 1. The highest BCUT2D eigenvalue weighted by Gasteiger charge is 2.12. The Labute approximate surface area is 106 Å². The molecule has 0 amide bonds. The Bertz CT molecular complexity index is 345. The third-order valence-electron chi connectivity index (χ3n) is 2.37. The molecule has 88 valence electrons. The third kappa shape index (κ3) is 3.63. The van der Waals surface area contributed by atoms with Crippen LogP contribution in [0.15, 0.2) is 24.9 Å². The van der Waals surface area contributed by atoms with Gasteiger partial charge in [0, 0.05) is 17.1 Å². The highest BCUT2D eigenvalue weighted by atomic mass is 79.9. The second-order valence-corrected chi connectivity index (χ2v) is 5.32. The van der Waals surface area contributed by atoms with Crippen LogP contribution in [0.1, 0.15) is 25.8 Å². The number of allylic oxidation sites excluding steroid dienone is 1. The Morgan fingerprint density at radius 3 is 2.62 bits per heavy atom. The van der Waals surface area contributed by atoms with E-state index in [1.54, 1.807) is 13.3 Å². The Balaban J connectivity index is 2.72. The minimum Gasteiger partial charge on any atom is -0.481 e. The molecule has 0 spiro atoms. The van der Waals surface area contributed by atoms with Crippen molar-refractivity contribution < 1.29 is 4.74 Å². The number of nitrogens with zero attached hydrogens (tertiary/aromatic N) is 1. The zero-order chi connectivity index (χ0) is 12.1. The van der Waals surface area contributed by atoms with Gasteiger partial charge in [0.1, 0.15) is 0 Å². The van der Waals surface area contributed by atoms with Gasteiger partial charge >= 0.3 is 0 Å². The monoisotopic (exact) mass is 283 g/mol. The first-order valence-corrected chi connectivity index (χ1v) is 6.29. The Morgan fingerprint density at radius 2 is 2.19 bits per heavy atom. The summed E-state index contributed by atoms with van der Waals surface area (Å²) in [4.78, 5) is 4.48. The van der Waals surface area contributed by atoms with Crippen LogP contribution >= 0.6 is 15.9 Å². The summed E-state index contributed by atoms with van der Waals surface area (Å²) in [6.45, 7) is 8.51. The van der Waals surface area contributed by atoms with Crippen molar-refractivity contribution in [2.45, 2.75) is 25.1 Å². The van der Waals surface area contributed by atoms with Gasteiger partial charge in [-0.15, -0.1) is 0 Å². The lowest BCUT2D eigenvalue weighted by atomic mass is 9.99. The highest BCUT2D eigenvalue weighted by Crippen LogP contribution is 2.27. The van der Waals surface area contributed by atoms with Crippen molar-refractivity contribution in [2.24, 2.45) is 5.92 Å². The summed E-state index contributed by atoms with van der Waals surface area (Å²) >= 11 is 3.66. The van der Waals surface area contributed by atoms with Crippen molar-refractivity contribution in [1.29, 1.82) is 0 Å². The summed E-state index contributed by atoms with van der Waals surface area (Å²) in [7, 11) is 1.61. The van der Waals surface area contributed by atoms with Crippen LogP contribution in [0, 0.1) is 5.92 Å². The average Bonchev–Trinajstić information content (AvgIpc) is 2.27. The highest BCUT2D eigenvalue weighted by molar-refractivity contribution is 9.09. The number of hydrogen-bond donors (Lipinski definition) is 0. The van der Waals surface area contributed by atoms with Crippen LogP contribution in [0.3, 0.4) is 0 Å². The molecule has 0 saturated heterocycles. The van der Waals surface area contributed by atoms with Gasteiger partial charge in [0.05, 0.1) is 7.11 Å². The molecule has 0 aliphatic heterocycles. The molecule has 0 aromatic carbocycles. The fourth-order valence-electron chi connectivity index (χ4n) is 1.43. The van der Waals surface area contributed by atoms with Crippen LogP contribution in [0.5, 0.6) is 5.88 Å². The van der Waals surface area contributed by atoms with Crippen molar-refractivity contribution in [2.75, 3.05) is 7.11 Å². The van der Waals surface area contributed by atoms with Gasteiger partial charge in [-0.2, -0.15) is 0 Å². The van der Waals surface area contributed by atoms with Crippen LogP contribution in [-0.4, -0.2) is 16.9 Å². The molecule has 1 heterocycles. The smallest absolute Gasteiger partial charge is 0.212 e. The molecule has 1 unspecified atom stereocenters. The number of alkyl halides is 1. The quantitative estimate of drug-likeness (QED) is 0.765. The molecular weight excluding hydrogens is 266 g/mol. The van der Waals surface area contributed by atoms with Crippen molar-refractivity contribution in [3.8, 4) is 5.88 Å². The second kappa shape index (κ2) is 6.04. The summed E-state index contributed by atoms with van der Waals surface area (Å²) in [6, 6.07) is 3.85. The number of pyridine rings is 1. The molecule has 0 bridgehead atoms. The molecule has 1 atom stereocenters. The van der Waals surface area contributed by atoms with Crippen LogP contribution in [-0.2, 0) is 0 Å². The Morgan fingerprint density at radius 1 is 1.50 bits per heavy atom. The van der Waals surface area contributed by atoms with Gasteiger partial charge in [-0.25, -0.2) is 4.98 Å². The average molecular weight is 284 g/mol. The van der Waals surface area contributed by atoms with E-state index in [4.69, 9.17) is 4.74 Å². The molecule has 0 saturated carbocycles. The van der Waals surface area contributed by atoms with Crippen LogP contribution in [0.25, 0.3) is 5.57 Å². The van der Waals surface area contributed by atoms with E-state index in [0.717, 1.165) is 17.6 Å². The minimum absolute atomic E-state index is 0.308. The summed E-state index contributed by atoms with van der Waals surface area (Å²) < 4.78 is 5.02. The first-order valence-electron chi connectivity index (χ1n) is 5.38. The molecule has 1 rings (SSSR count). The lowest BCUT2D eigenvalue weighted by Gasteiger charge is -2.15. The molecule has 2 nitrogen and oxygen atoms in total. The van der Waals surface area contributed by atoms with Crippen LogP contribution in [0.4, 0.5) is 0 Å². The lowest BCUT2D eigenvalue weighted by molar-refractivity contribution is 0.398. The van der Waals surface area contributed by atoms with Gasteiger partial charge in [-0.05, 0) is 29.5 Å². The van der Waals surface area contributed by atoms with Crippen LogP contribution < -0.4 is 4.74 Å². The Kier molecular flexibility index (Phi) is 5.00. The van der Waals surface area contributed by atoms with E-state index in [2.05, 4.69) is 41.3 Å². The first-order chi connectivity index (χ1) is 7.54. The fourth-order valence-corrected chi connectivity index (χ4v) is 2.44. The second-order valence-electron chi connectivity index (χ2n) is 4.21. The lowest BCUT2D eigenvalue weighted by Crippen LogP contribution is -2.05. The van der Waals surface area contributed by atoms with E-state index in [9.17, 15) is 0 Å². The minimum atomic E-state index is 0.308. The predicted octanol–water partition coefficient (Wildman–Crippen LogP) is 3.91. The Hall–Kier alpha value is -0.830. The topological polar surface area (TPSA) is 22.1 Å². The van der Waals surface area contributed by atoms with E-state index in [1.165, 1.54) is 0 Å². The van der Waals surface area contributed by atoms with E-state index in [1.807, 2.05) is 12.1 Å². The van der Waals surface area contributed by atoms with Gasteiger partial charge in [-0.1, -0.05) is 36.4 Å². The molecular formula is C13H18BrNO. The van der Waals surface area contributed by atoms with Crippen molar-refractivity contribution >= 4 is 21.5 Å².